The van der Waals surface area contributed by atoms with Crippen LogP contribution in [-0.2, 0) is 19.0 Å². The van der Waals surface area contributed by atoms with E-state index in [0.29, 0.717) is 0 Å². The summed E-state index contributed by atoms with van der Waals surface area (Å²) in [5, 5.41) is 3.98. The van der Waals surface area contributed by atoms with Gasteiger partial charge in [0.1, 0.15) is 23.2 Å². The number of hydrogen-bond acceptors (Lipinski definition) is 4. The number of hydrogen-bond donors (Lipinski definition) is 0. The fraction of sp³-hybridized carbons (Fsp3) is 0.280. The Balaban J connectivity index is 1.71. The molecule has 0 radical (unpaired) electrons. The predicted octanol–water partition coefficient (Wildman–Crippen LogP) is 3.50. The van der Waals surface area contributed by atoms with Crippen LogP contribution in [0.3, 0.4) is 0 Å². The van der Waals surface area contributed by atoms with Crippen molar-refractivity contribution in [3.05, 3.63) is 91.0 Å². The Kier molecular flexibility index (Phi) is 6.88. The molecule has 4 nitrogen and oxygen atoms in total. The van der Waals surface area contributed by atoms with Gasteiger partial charge in [-0.3, -0.25) is 4.18 Å². The van der Waals surface area contributed by atoms with Crippen molar-refractivity contribution in [1.82, 2.24) is 0 Å². The van der Waals surface area contributed by atoms with Crippen LogP contribution in [0.25, 0.3) is 0 Å². The lowest BCUT2D eigenvalue weighted by Crippen LogP contribution is -2.37. The molecular weight excluding hydrogens is 427 g/mol. The van der Waals surface area contributed by atoms with Crippen LogP contribution < -0.4 is 15.9 Å². The van der Waals surface area contributed by atoms with Crippen molar-refractivity contribution in [3.8, 4) is 0 Å². The van der Waals surface area contributed by atoms with Gasteiger partial charge < -0.3 is 4.74 Å². The first-order chi connectivity index (χ1) is 15.0. The number of benzene rings is 3. The Morgan fingerprint density at radius 3 is 1.61 bits per heavy atom. The molecular formula is C25H28O4PS+. The molecule has 3 aromatic rings. The van der Waals surface area contributed by atoms with Crippen molar-refractivity contribution in [2.24, 2.45) is 0 Å². The topological polar surface area (TPSA) is 52.6 Å². The zero-order chi connectivity index (χ0) is 21.7. The molecule has 31 heavy (non-hydrogen) atoms. The fourth-order valence-electron chi connectivity index (χ4n) is 4.35. The molecule has 1 aliphatic heterocycles. The van der Waals surface area contributed by atoms with Gasteiger partial charge in [0.25, 0.3) is 10.1 Å². The minimum atomic E-state index is -3.47. The molecule has 1 heterocycles. The highest BCUT2D eigenvalue weighted by molar-refractivity contribution is 7.95. The summed E-state index contributed by atoms with van der Waals surface area (Å²) < 4.78 is 34.1. The third-order valence-electron chi connectivity index (χ3n) is 5.73. The normalized spacial score (nSPS) is 19.4. The van der Waals surface area contributed by atoms with Gasteiger partial charge in [0.2, 0.25) is 0 Å². The molecule has 0 bridgehead atoms. The van der Waals surface area contributed by atoms with Gasteiger partial charge in [0.15, 0.2) is 0 Å². The van der Waals surface area contributed by atoms with Gasteiger partial charge in [-0.25, -0.2) is 0 Å². The monoisotopic (exact) mass is 455 g/mol. The molecule has 6 heteroatoms. The largest absolute Gasteiger partial charge is 0.369 e. The van der Waals surface area contributed by atoms with E-state index in [1.165, 1.54) is 15.9 Å². The van der Waals surface area contributed by atoms with Crippen LogP contribution in [0.15, 0.2) is 91.0 Å². The summed E-state index contributed by atoms with van der Waals surface area (Å²) in [6.07, 6.45) is 3.51. The van der Waals surface area contributed by atoms with Crippen LogP contribution in [0, 0.1) is 0 Å². The van der Waals surface area contributed by atoms with Crippen LogP contribution >= 0.6 is 7.26 Å². The maximum atomic E-state index is 11.4. The van der Waals surface area contributed by atoms with E-state index >= 15 is 0 Å². The minimum Gasteiger partial charge on any atom is -0.369 e. The van der Waals surface area contributed by atoms with Gasteiger partial charge >= 0.3 is 0 Å². The van der Waals surface area contributed by atoms with E-state index in [4.69, 9.17) is 8.92 Å². The lowest BCUT2D eigenvalue weighted by molar-refractivity contribution is 0.0298. The molecule has 0 saturated carbocycles. The number of rotatable bonds is 8. The SMILES string of the molecule is CS(=O)(=O)OC[C@H]1CC[C@@H](C[P+](c2ccccc2)(c2ccccc2)c2ccccc2)O1. The van der Waals surface area contributed by atoms with E-state index in [2.05, 4.69) is 91.0 Å². The van der Waals surface area contributed by atoms with Crippen LogP contribution in [0.5, 0.6) is 0 Å². The van der Waals surface area contributed by atoms with Crippen LogP contribution in [-0.4, -0.2) is 39.7 Å². The van der Waals surface area contributed by atoms with Gasteiger partial charge in [-0.1, -0.05) is 54.6 Å². The van der Waals surface area contributed by atoms with E-state index in [0.717, 1.165) is 25.3 Å². The predicted molar refractivity (Wildman–Crippen MR) is 129 cm³/mol. The van der Waals surface area contributed by atoms with Gasteiger partial charge in [0, 0.05) is 0 Å². The molecule has 162 valence electrons. The second-order valence-electron chi connectivity index (χ2n) is 7.95. The van der Waals surface area contributed by atoms with E-state index < -0.39 is 17.4 Å². The number of ether oxygens (including phenoxy) is 1. The lowest BCUT2D eigenvalue weighted by Gasteiger charge is -2.30. The highest BCUT2D eigenvalue weighted by Gasteiger charge is 2.48. The highest BCUT2D eigenvalue weighted by Crippen LogP contribution is 2.56. The molecule has 4 rings (SSSR count). The molecule has 2 atom stereocenters. The first kappa shape index (κ1) is 22.2. The van der Waals surface area contributed by atoms with Gasteiger partial charge in [0.05, 0.1) is 31.2 Å². The summed E-state index contributed by atoms with van der Waals surface area (Å²) in [5.41, 5.74) is 0. The van der Waals surface area contributed by atoms with E-state index in [1.54, 1.807) is 0 Å². The maximum Gasteiger partial charge on any atom is 0.264 e. The van der Waals surface area contributed by atoms with Crippen LogP contribution in [0.4, 0.5) is 0 Å². The second-order valence-corrected chi connectivity index (χ2v) is 13.1. The van der Waals surface area contributed by atoms with E-state index in [9.17, 15) is 8.42 Å². The van der Waals surface area contributed by atoms with Crippen LogP contribution in [0.1, 0.15) is 12.8 Å². The standard InChI is InChI=1S/C25H28O4PS/c1-31(26,27)28-19-21-17-18-22(29-21)20-30(23-11-5-2-6-12-23,24-13-7-3-8-14-24)25-15-9-4-10-16-25/h2-16,21-22H,17-20H2,1H3/q+1/t21-,22+/m1/s1. The van der Waals surface area contributed by atoms with Crippen molar-refractivity contribution in [2.45, 2.75) is 25.0 Å². The van der Waals surface area contributed by atoms with Crippen molar-refractivity contribution in [3.63, 3.8) is 0 Å². The first-order valence-corrected chi connectivity index (χ1v) is 14.3. The van der Waals surface area contributed by atoms with Gasteiger partial charge in [-0.15, -0.1) is 0 Å². The summed E-state index contributed by atoms with van der Waals surface area (Å²) in [5.74, 6) is 0. The Bertz CT molecular complexity index is 976. The highest BCUT2D eigenvalue weighted by atomic mass is 32.2. The Morgan fingerprint density at radius 1 is 0.774 bits per heavy atom. The van der Waals surface area contributed by atoms with Gasteiger partial charge in [-0.2, -0.15) is 8.42 Å². The molecule has 0 amide bonds. The molecule has 1 saturated heterocycles. The molecule has 0 unspecified atom stereocenters. The molecule has 1 aliphatic rings. The Morgan fingerprint density at radius 2 is 1.19 bits per heavy atom. The molecule has 1 fully saturated rings. The smallest absolute Gasteiger partial charge is 0.264 e. The van der Waals surface area contributed by atoms with Crippen molar-refractivity contribution in [2.75, 3.05) is 19.0 Å². The quantitative estimate of drug-likeness (QED) is 0.385. The summed E-state index contributed by atoms with van der Waals surface area (Å²) in [4.78, 5) is 0. The maximum absolute atomic E-state index is 11.4. The van der Waals surface area contributed by atoms with E-state index in [1.807, 2.05) is 0 Å². The zero-order valence-electron chi connectivity index (χ0n) is 17.6. The third kappa shape index (κ3) is 5.24. The van der Waals surface area contributed by atoms with E-state index in [-0.39, 0.29) is 18.8 Å². The van der Waals surface area contributed by atoms with Crippen molar-refractivity contribution >= 4 is 33.3 Å². The summed E-state index contributed by atoms with van der Waals surface area (Å²) in [7, 11) is -5.43. The minimum absolute atomic E-state index is 0.0436. The zero-order valence-corrected chi connectivity index (χ0v) is 19.3. The Hall–Kier alpha value is -2.04. The van der Waals surface area contributed by atoms with Gasteiger partial charge in [-0.05, 0) is 49.2 Å². The molecule has 3 aromatic carbocycles. The summed E-state index contributed by atoms with van der Waals surface area (Å²) in [6.45, 7) is 0.0861. The molecule has 0 aliphatic carbocycles. The summed E-state index contributed by atoms with van der Waals surface area (Å²) in [6, 6.07) is 32.2. The first-order valence-electron chi connectivity index (χ1n) is 10.5. The molecule has 0 aromatic heterocycles. The van der Waals surface area contributed by atoms with Crippen molar-refractivity contribution in [1.29, 1.82) is 0 Å². The average molecular weight is 456 g/mol. The Labute approximate surface area is 185 Å². The van der Waals surface area contributed by atoms with Crippen molar-refractivity contribution < 1.29 is 17.3 Å². The third-order valence-corrected chi connectivity index (χ3v) is 10.8. The van der Waals surface area contributed by atoms with Crippen LogP contribution in [0.2, 0.25) is 0 Å². The lowest BCUT2D eigenvalue weighted by atomic mass is 10.2. The fourth-order valence-corrected chi connectivity index (χ4v) is 9.20. The second kappa shape index (κ2) is 9.62. The molecule has 0 spiro atoms. The molecule has 0 N–H and O–H groups in total. The average Bonchev–Trinajstić information content (AvgIpc) is 3.25. The summed E-state index contributed by atoms with van der Waals surface area (Å²) >= 11 is 0.